The van der Waals surface area contributed by atoms with Crippen LogP contribution < -0.4 is 10.1 Å². The monoisotopic (exact) mass is 466 g/mol. The van der Waals surface area contributed by atoms with Crippen molar-refractivity contribution in [2.75, 3.05) is 12.4 Å². The Morgan fingerprint density at radius 2 is 1.94 bits per heavy atom. The number of nitrogens with one attached hydrogen (secondary N) is 1. The highest BCUT2D eigenvalue weighted by Crippen LogP contribution is 2.41. The van der Waals surface area contributed by atoms with E-state index in [0.29, 0.717) is 34.8 Å². The Balaban J connectivity index is 1.34. The fourth-order valence-electron chi connectivity index (χ4n) is 4.05. The van der Waals surface area contributed by atoms with Crippen molar-refractivity contribution in [3.63, 3.8) is 0 Å². The first-order valence-electron chi connectivity index (χ1n) is 11.4. The third kappa shape index (κ3) is 4.23. The first-order valence-corrected chi connectivity index (χ1v) is 11.4. The number of amides is 1. The number of fused-ring (bicyclic) bond motifs is 1. The van der Waals surface area contributed by atoms with Crippen molar-refractivity contribution in [1.82, 2.24) is 24.9 Å². The molecule has 2 aromatic carbocycles. The Bertz CT molecular complexity index is 1500. The molecule has 1 aliphatic carbocycles. The second-order valence-electron chi connectivity index (χ2n) is 8.51. The van der Waals surface area contributed by atoms with Crippen molar-refractivity contribution in [1.29, 1.82) is 0 Å². The van der Waals surface area contributed by atoms with Gasteiger partial charge in [0.1, 0.15) is 17.8 Å². The van der Waals surface area contributed by atoms with E-state index >= 15 is 0 Å². The maximum Gasteiger partial charge on any atom is 0.259 e. The van der Waals surface area contributed by atoms with Crippen LogP contribution in [0.5, 0.6) is 5.75 Å². The number of methoxy groups -OCH3 is 1. The van der Waals surface area contributed by atoms with Crippen molar-refractivity contribution in [2.45, 2.75) is 25.3 Å². The van der Waals surface area contributed by atoms with E-state index in [1.54, 1.807) is 18.1 Å². The summed E-state index contributed by atoms with van der Waals surface area (Å²) in [6, 6.07) is 19.2. The number of carbonyl (C=O) groups is 1. The van der Waals surface area contributed by atoms with Gasteiger partial charge in [0.05, 0.1) is 24.6 Å². The van der Waals surface area contributed by atoms with E-state index in [4.69, 9.17) is 9.26 Å². The predicted molar refractivity (Wildman–Crippen MR) is 129 cm³/mol. The molecule has 0 radical (unpaired) electrons. The summed E-state index contributed by atoms with van der Waals surface area (Å²) in [6.07, 6.45) is 3.69. The first-order chi connectivity index (χ1) is 17.2. The fraction of sp³-hybridized carbons (Fsp3) is 0.192. The lowest BCUT2D eigenvalue weighted by Crippen LogP contribution is -2.15. The van der Waals surface area contributed by atoms with Gasteiger partial charge in [0.25, 0.3) is 11.6 Å². The van der Waals surface area contributed by atoms with Gasteiger partial charge in [-0.25, -0.2) is 14.6 Å². The molecule has 0 bridgehead atoms. The van der Waals surface area contributed by atoms with Gasteiger partial charge < -0.3 is 9.26 Å². The molecule has 1 amide bonds. The summed E-state index contributed by atoms with van der Waals surface area (Å²) < 4.78 is 12.5. The van der Waals surface area contributed by atoms with Crippen LogP contribution in [0.3, 0.4) is 0 Å². The molecule has 0 spiro atoms. The van der Waals surface area contributed by atoms with Gasteiger partial charge in [-0.05, 0) is 48.7 Å². The van der Waals surface area contributed by atoms with Crippen molar-refractivity contribution < 1.29 is 14.1 Å². The molecule has 0 atom stereocenters. The lowest BCUT2D eigenvalue weighted by atomic mass is 10.0. The summed E-state index contributed by atoms with van der Waals surface area (Å²) in [5.74, 6) is 0.954. The van der Waals surface area contributed by atoms with Crippen LogP contribution in [0, 0.1) is 0 Å². The zero-order valence-electron chi connectivity index (χ0n) is 19.0. The van der Waals surface area contributed by atoms with Gasteiger partial charge >= 0.3 is 0 Å². The summed E-state index contributed by atoms with van der Waals surface area (Å²) in [6.45, 7) is 0.558. The molecular formula is C26H22N6O3. The van der Waals surface area contributed by atoms with E-state index in [2.05, 4.69) is 25.5 Å². The molecule has 0 aliphatic heterocycles. The van der Waals surface area contributed by atoms with Gasteiger partial charge in [0.2, 0.25) is 5.95 Å². The number of aromatic nitrogens is 5. The first kappa shape index (κ1) is 21.0. The quantitative estimate of drug-likeness (QED) is 0.371. The zero-order valence-corrected chi connectivity index (χ0v) is 19.0. The van der Waals surface area contributed by atoms with Crippen molar-refractivity contribution in [2.24, 2.45) is 0 Å². The molecule has 9 heteroatoms. The Labute approximate surface area is 200 Å². The molecular weight excluding hydrogens is 444 g/mol. The summed E-state index contributed by atoms with van der Waals surface area (Å²) in [4.78, 5) is 22.4. The molecule has 35 heavy (non-hydrogen) atoms. The van der Waals surface area contributed by atoms with Crippen LogP contribution in [0.15, 0.2) is 71.5 Å². The summed E-state index contributed by atoms with van der Waals surface area (Å²) >= 11 is 0. The number of hydrogen-bond donors (Lipinski definition) is 1. The summed E-state index contributed by atoms with van der Waals surface area (Å²) in [7, 11) is 1.61. The standard InChI is InChI=1S/C26H22N6O3/c1-34-19-11-9-18(10-12-19)23-22-20(13-21(17-7-8-17)28-25(22)35-31-23)24(33)29-26-27-15-32(30-26)14-16-5-3-2-4-6-16/h2-6,9-13,15,17H,7-8,14H2,1H3,(H,29,30,33). The number of nitrogens with zero attached hydrogens (tertiary/aromatic N) is 5. The Morgan fingerprint density at radius 1 is 1.14 bits per heavy atom. The maximum absolute atomic E-state index is 13.5. The van der Waals surface area contributed by atoms with E-state index in [9.17, 15) is 4.79 Å². The third-order valence-corrected chi connectivity index (χ3v) is 6.02. The number of ether oxygens (including phenoxy) is 1. The highest BCUT2D eigenvalue weighted by Gasteiger charge is 2.29. The molecule has 174 valence electrons. The van der Waals surface area contributed by atoms with Gasteiger partial charge in [0, 0.05) is 17.2 Å². The van der Waals surface area contributed by atoms with E-state index < -0.39 is 0 Å². The Morgan fingerprint density at radius 3 is 2.69 bits per heavy atom. The topological polar surface area (TPSA) is 108 Å². The van der Waals surface area contributed by atoms with Crippen LogP contribution in [0.4, 0.5) is 5.95 Å². The number of hydrogen-bond acceptors (Lipinski definition) is 7. The normalized spacial score (nSPS) is 13.2. The fourth-order valence-corrected chi connectivity index (χ4v) is 4.05. The summed E-state index contributed by atoms with van der Waals surface area (Å²) in [5, 5.41) is 12.0. The molecule has 1 fully saturated rings. The van der Waals surface area contributed by atoms with Crippen LogP contribution in [-0.4, -0.2) is 37.9 Å². The number of carbonyl (C=O) groups excluding carboxylic acids is 1. The Hall–Kier alpha value is -4.53. The van der Waals surface area contributed by atoms with E-state index in [1.807, 2.05) is 60.7 Å². The SMILES string of the molecule is COc1ccc(-c2noc3nc(C4CC4)cc(C(=O)Nc4ncn(Cc5ccccc5)n4)c23)cc1. The molecule has 1 N–H and O–H groups in total. The Kier molecular flexibility index (Phi) is 5.21. The van der Waals surface area contributed by atoms with E-state index in [-0.39, 0.29) is 11.9 Å². The molecule has 0 unspecified atom stereocenters. The lowest BCUT2D eigenvalue weighted by Gasteiger charge is -2.07. The lowest BCUT2D eigenvalue weighted by molar-refractivity contribution is 0.102. The summed E-state index contributed by atoms with van der Waals surface area (Å²) in [5.41, 5.74) is 4.04. The highest BCUT2D eigenvalue weighted by molar-refractivity contribution is 6.14. The maximum atomic E-state index is 13.5. The number of benzene rings is 2. The van der Waals surface area contributed by atoms with Gasteiger partial charge in [0.15, 0.2) is 0 Å². The van der Waals surface area contributed by atoms with Gasteiger partial charge in [-0.3, -0.25) is 10.1 Å². The van der Waals surface area contributed by atoms with Crippen LogP contribution >= 0.6 is 0 Å². The van der Waals surface area contributed by atoms with Crippen LogP contribution in [0.2, 0.25) is 0 Å². The molecule has 3 aromatic heterocycles. The minimum atomic E-state index is -0.338. The van der Waals surface area contributed by atoms with Crippen LogP contribution in [0.1, 0.15) is 40.4 Å². The zero-order chi connectivity index (χ0) is 23.8. The van der Waals surface area contributed by atoms with Crippen molar-refractivity contribution in [3.8, 4) is 17.0 Å². The molecule has 1 saturated carbocycles. The van der Waals surface area contributed by atoms with Gasteiger partial charge in [-0.15, -0.1) is 5.10 Å². The largest absolute Gasteiger partial charge is 0.497 e. The number of anilines is 1. The van der Waals surface area contributed by atoms with E-state index in [0.717, 1.165) is 35.4 Å². The van der Waals surface area contributed by atoms with Crippen molar-refractivity contribution >= 4 is 23.0 Å². The molecule has 1 aliphatic rings. The second kappa shape index (κ2) is 8.68. The molecule has 3 heterocycles. The minimum absolute atomic E-state index is 0.228. The average Bonchev–Trinajstić information content (AvgIpc) is 3.52. The molecule has 0 saturated heterocycles. The molecule has 9 nitrogen and oxygen atoms in total. The van der Waals surface area contributed by atoms with Crippen molar-refractivity contribution in [3.05, 3.63) is 83.8 Å². The number of pyridine rings is 1. The van der Waals surface area contributed by atoms with Gasteiger partial charge in [-0.2, -0.15) is 0 Å². The highest BCUT2D eigenvalue weighted by atomic mass is 16.5. The van der Waals surface area contributed by atoms with Crippen LogP contribution in [-0.2, 0) is 6.54 Å². The smallest absolute Gasteiger partial charge is 0.259 e. The average molecular weight is 467 g/mol. The minimum Gasteiger partial charge on any atom is -0.497 e. The molecule has 5 aromatic rings. The second-order valence-corrected chi connectivity index (χ2v) is 8.51. The predicted octanol–water partition coefficient (Wildman–Crippen LogP) is 4.67. The van der Waals surface area contributed by atoms with Gasteiger partial charge in [-0.1, -0.05) is 35.5 Å². The number of rotatable bonds is 7. The van der Waals surface area contributed by atoms with E-state index in [1.165, 1.54) is 0 Å². The third-order valence-electron chi connectivity index (χ3n) is 6.02. The molecule has 6 rings (SSSR count). The van der Waals surface area contributed by atoms with Crippen LogP contribution in [0.25, 0.3) is 22.4 Å².